The number of aryl methyl sites for hydroxylation is 1. The zero-order valence-corrected chi connectivity index (χ0v) is 20.0. The third-order valence-electron chi connectivity index (χ3n) is 5.31. The van der Waals surface area contributed by atoms with Crippen molar-refractivity contribution >= 4 is 40.8 Å². The van der Waals surface area contributed by atoms with E-state index in [1.54, 1.807) is 0 Å². The Kier molecular flexibility index (Phi) is 10.8. The van der Waals surface area contributed by atoms with E-state index in [1.807, 2.05) is 7.05 Å². The number of aliphatic imine (C=N–C) groups is 1. The molecule has 0 atom stereocenters. The standard InChI is InChI=1S/C22H34N4O2.HI/c1-3-17-6-4-7-20-18(16-26-21(17)20)8-12-25-22(23-2)24-11-5-13-28-19-9-14-27-15-10-19;/h4,6-7,16,19,26H,3,5,8-15H2,1-2H3,(H2,23,24,25);1H. The summed E-state index contributed by atoms with van der Waals surface area (Å²) in [5.74, 6) is 0.847. The van der Waals surface area contributed by atoms with E-state index in [0.717, 1.165) is 71.0 Å². The molecule has 29 heavy (non-hydrogen) atoms. The topological polar surface area (TPSA) is 70.7 Å². The van der Waals surface area contributed by atoms with Gasteiger partial charge in [0, 0.05) is 57.1 Å². The second-order valence-electron chi connectivity index (χ2n) is 7.22. The largest absolute Gasteiger partial charge is 0.381 e. The molecule has 0 amide bonds. The van der Waals surface area contributed by atoms with Crippen LogP contribution < -0.4 is 10.6 Å². The van der Waals surface area contributed by atoms with Crippen LogP contribution in [0, 0.1) is 0 Å². The van der Waals surface area contributed by atoms with Gasteiger partial charge in [-0.2, -0.15) is 0 Å². The van der Waals surface area contributed by atoms with Gasteiger partial charge in [0.1, 0.15) is 0 Å². The molecule has 1 aliphatic rings. The lowest BCUT2D eigenvalue weighted by Gasteiger charge is -2.22. The van der Waals surface area contributed by atoms with Gasteiger partial charge in [0.05, 0.1) is 6.10 Å². The van der Waals surface area contributed by atoms with Crippen molar-refractivity contribution in [2.45, 2.75) is 45.1 Å². The number of H-pyrrole nitrogens is 1. The van der Waals surface area contributed by atoms with Gasteiger partial charge in [-0.1, -0.05) is 25.1 Å². The number of para-hydroxylation sites is 1. The summed E-state index contributed by atoms with van der Waals surface area (Å²) in [5.41, 5.74) is 3.99. The molecule has 2 heterocycles. The van der Waals surface area contributed by atoms with Gasteiger partial charge < -0.3 is 25.1 Å². The molecule has 3 rings (SSSR count). The molecule has 2 aromatic rings. The lowest BCUT2D eigenvalue weighted by molar-refractivity contribution is -0.0320. The first-order valence-electron chi connectivity index (χ1n) is 10.5. The van der Waals surface area contributed by atoms with Gasteiger partial charge in [0.2, 0.25) is 0 Å². The van der Waals surface area contributed by atoms with Crippen molar-refractivity contribution in [3.8, 4) is 0 Å². The van der Waals surface area contributed by atoms with Gasteiger partial charge >= 0.3 is 0 Å². The Balaban J connectivity index is 0.00000300. The molecule has 6 nitrogen and oxygen atoms in total. The van der Waals surface area contributed by atoms with Crippen LogP contribution in [0.1, 0.15) is 37.3 Å². The van der Waals surface area contributed by atoms with E-state index in [0.29, 0.717) is 6.10 Å². The highest BCUT2D eigenvalue weighted by molar-refractivity contribution is 14.0. The number of nitrogens with one attached hydrogen (secondary N) is 3. The maximum atomic E-state index is 5.90. The smallest absolute Gasteiger partial charge is 0.190 e. The molecular weight excluding hydrogens is 479 g/mol. The molecule has 0 bridgehead atoms. The summed E-state index contributed by atoms with van der Waals surface area (Å²) >= 11 is 0. The molecule has 1 aliphatic heterocycles. The van der Waals surface area contributed by atoms with Crippen molar-refractivity contribution in [1.29, 1.82) is 0 Å². The van der Waals surface area contributed by atoms with Crippen LogP contribution in [0.3, 0.4) is 0 Å². The first-order chi connectivity index (χ1) is 13.8. The highest BCUT2D eigenvalue weighted by atomic mass is 127. The van der Waals surface area contributed by atoms with E-state index >= 15 is 0 Å². The molecule has 1 saturated heterocycles. The van der Waals surface area contributed by atoms with E-state index < -0.39 is 0 Å². The van der Waals surface area contributed by atoms with E-state index in [1.165, 1.54) is 22.0 Å². The normalized spacial score (nSPS) is 15.3. The number of aromatic nitrogens is 1. The Morgan fingerprint density at radius 2 is 2.00 bits per heavy atom. The van der Waals surface area contributed by atoms with Crippen LogP contribution in [-0.4, -0.2) is 57.0 Å². The van der Waals surface area contributed by atoms with E-state index in [2.05, 4.69) is 51.9 Å². The lowest BCUT2D eigenvalue weighted by Crippen LogP contribution is -2.39. The average Bonchev–Trinajstić information content (AvgIpc) is 3.16. The summed E-state index contributed by atoms with van der Waals surface area (Å²) in [6.45, 7) is 6.34. The minimum Gasteiger partial charge on any atom is -0.381 e. The number of hydrogen-bond acceptors (Lipinski definition) is 3. The molecule has 1 fully saturated rings. The van der Waals surface area contributed by atoms with Gasteiger partial charge in [-0.05, 0) is 43.2 Å². The number of fused-ring (bicyclic) bond motifs is 1. The van der Waals surface area contributed by atoms with Crippen LogP contribution in [0.5, 0.6) is 0 Å². The quantitative estimate of drug-likeness (QED) is 0.207. The van der Waals surface area contributed by atoms with Gasteiger partial charge in [0.25, 0.3) is 0 Å². The monoisotopic (exact) mass is 514 g/mol. The fourth-order valence-corrected chi connectivity index (χ4v) is 3.68. The predicted molar refractivity (Wildman–Crippen MR) is 131 cm³/mol. The van der Waals surface area contributed by atoms with Crippen LogP contribution in [0.25, 0.3) is 10.9 Å². The van der Waals surface area contributed by atoms with Gasteiger partial charge in [-0.25, -0.2) is 0 Å². The van der Waals surface area contributed by atoms with Crippen molar-refractivity contribution in [2.24, 2.45) is 4.99 Å². The Hall–Kier alpha value is -1.32. The van der Waals surface area contributed by atoms with Crippen LogP contribution in [-0.2, 0) is 22.3 Å². The fraction of sp³-hybridized carbons (Fsp3) is 0.591. The predicted octanol–water partition coefficient (Wildman–Crippen LogP) is 3.64. The molecule has 0 aliphatic carbocycles. The number of aromatic amines is 1. The molecule has 1 aromatic carbocycles. The number of guanidine groups is 1. The zero-order valence-electron chi connectivity index (χ0n) is 17.6. The molecule has 3 N–H and O–H groups in total. The first-order valence-corrected chi connectivity index (χ1v) is 10.5. The van der Waals surface area contributed by atoms with Crippen molar-refractivity contribution in [1.82, 2.24) is 15.6 Å². The number of hydrogen-bond donors (Lipinski definition) is 3. The Morgan fingerprint density at radius 1 is 1.21 bits per heavy atom. The Morgan fingerprint density at radius 3 is 2.76 bits per heavy atom. The maximum Gasteiger partial charge on any atom is 0.190 e. The minimum atomic E-state index is 0. The number of ether oxygens (including phenoxy) is 2. The van der Waals surface area contributed by atoms with Gasteiger partial charge in [-0.3, -0.25) is 4.99 Å². The second kappa shape index (κ2) is 13.1. The molecule has 7 heteroatoms. The summed E-state index contributed by atoms with van der Waals surface area (Å²) in [6.07, 6.45) is 7.52. The van der Waals surface area contributed by atoms with E-state index in [-0.39, 0.29) is 24.0 Å². The summed E-state index contributed by atoms with van der Waals surface area (Å²) in [5, 5.41) is 8.11. The van der Waals surface area contributed by atoms with Crippen LogP contribution >= 0.6 is 24.0 Å². The van der Waals surface area contributed by atoms with Gasteiger partial charge in [-0.15, -0.1) is 24.0 Å². The maximum absolute atomic E-state index is 5.90. The highest BCUT2D eigenvalue weighted by Gasteiger charge is 2.13. The van der Waals surface area contributed by atoms with Crippen molar-refractivity contribution in [2.75, 3.05) is 40.0 Å². The Bertz CT molecular complexity index is 756. The fourth-order valence-electron chi connectivity index (χ4n) is 3.68. The van der Waals surface area contributed by atoms with Crippen molar-refractivity contribution < 1.29 is 9.47 Å². The molecule has 1 aromatic heterocycles. The van der Waals surface area contributed by atoms with Crippen LogP contribution in [0.2, 0.25) is 0 Å². The zero-order chi connectivity index (χ0) is 19.6. The van der Waals surface area contributed by atoms with Crippen molar-refractivity contribution in [3.05, 3.63) is 35.5 Å². The first kappa shape index (κ1) is 24.0. The van der Waals surface area contributed by atoms with Crippen LogP contribution in [0.4, 0.5) is 0 Å². The van der Waals surface area contributed by atoms with Gasteiger partial charge in [0.15, 0.2) is 5.96 Å². The third kappa shape index (κ3) is 7.15. The minimum absolute atomic E-state index is 0. The molecule has 0 unspecified atom stereocenters. The van der Waals surface area contributed by atoms with E-state index in [4.69, 9.17) is 9.47 Å². The second-order valence-corrected chi connectivity index (χ2v) is 7.22. The summed E-state index contributed by atoms with van der Waals surface area (Å²) in [7, 11) is 1.81. The number of halogens is 1. The molecule has 162 valence electrons. The number of benzene rings is 1. The summed E-state index contributed by atoms with van der Waals surface area (Å²) < 4.78 is 11.3. The Labute approximate surface area is 191 Å². The lowest BCUT2D eigenvalue weighted by atomic mass is 10.1. The molecule has 0 saturated carbocycles. The van der Waals surface area contributed by atoms with Crippen LogP contribution in [0.15, 0.2) is 29.4 Å². The molecule has 0 spiro atoms. The average molecular weight is 514 g/mol. The number of nitrogens with zero attached hydrogens (tertiary/aromatic N) is 1. The number of rotatable bonds is 9. The summed E-state index contributed by atoms with van der Waals surface area (Å²) in [6, 6.07) is 6.54. The third-order valence-corrected chi connectivity index (χ3v) is 5.31. The highest BCUT2D eigenvalue weighted by Crippen LogP contribution is 2.22. The summed E-state index contributed by atoms with van der Waals surface area (Å²) in [4.78, 5) is 7.75. The van der Waals surface area contributed by atoms with Crippen molar-refractivity contribution in [3.63, 3.8) is 0 Å². The van der Waals surface area contributed by atoms with E-state index in [9.17, 15) is 0 Å². The molecular formula is C22H35IN4O2. The molecule has 0 radical (unpaired) electrons. The SMILES string of the molecule is CCc1cccc2c(CCNC(=NC)NCCCOC3CCOCC3)c[nH]c12.I.